The Morgan fingerprint density at radius 3 is 3.11 bits per heavy atom. The fraction of sp³-hybridized carbons (Fsp3) is 0.500. The molecule has 2 aromatic rings. The molecule has 1 aliphatic heterocycles. The van der Waals surface area contributed by atoms with Crippen molar-refractivity contribution in [3.63, 3.8) is 0 Å². The normalized spacial score (nSPS) is 27.2. The quantitative estimate of drug-likeness (QED) is 0.559. The predicted octanol–water partition coefficient (Wildman–Crippen LogP) is -0.288. The first-order chi connectivity index (χ1) is 9.10. The Labute approximate surface area is 112 Å². The number of fused-ring (bicyclic) bond motifs is 1. The van der Waals surface area contributed by atoms with E-state index in [0.29, 0.717) is 22.2 Å². The van der Waals surface area contributed by atoms with Crippen LogP contribution in [-0.2, 0) is 4.74 Å². The molecule has 0 unspecified atom stereocenters. The van der Waals surface area contributed by atoms with Crippen LogP contribution in [0.1, 0.15) is 12.6 Å². The number of hydrogen-bond acceptors (Lipinski definition) is 7. The number of ether oxygens (including phenoxy) is 1. The molecule has 3 rings (SSSR count). The van der Waals surface area contributed by atoms with Crippen molar-refractivity contribution in [3.8, 4) is 0 Å². The van der Waals surface area contributed by atoms with E-state index in [9.17, 15) is 5.11 Å². The molecule has 0 spiro atoms. The minimum Gasteiger partial charge on any atom is -0.394 e. The smallest absolute Gasteiger partial charge is 0.200 e. The standard InChI is InChI=1S/C10H13N5O3S/c11-10-13-8-7(9(19)14-10)12-3-15(8)6-1-4(17)5(2-16)18-6/h3-6,16-17H,1-2H2,(H3,11,13,14,19)/t4-,5-,6-/m0/s1. The molecule has 5 N–H and O–H groups in total. The van der Waals surface area contributed by atoms with Gasteiger partial charge < -0.3 is 25.7 Å². The van der Waals surface area contributed by atoms with Crippen LogP contribution >= 0.6 is 12.2 Å². The molecule has 0 amide bonds. The molecule has 0 bridgehead atoms. The first kappa shape index (κ1) is 12.5. The van der Waals surface area contributed by atoms with E-state index in [1.165, 1.54) is 0 Å². The number of nitrogen functional groups attached to an aromatic ring is 1. The Morgan fingerprint density at radius 2 is 2.42 bits per heavy atom. The van der Waals surface area contributed by atoms with Crippen LogP contribution in [0.2, 0.25) is 0 Å². The van der Waals surface area contributed by atoms with Gasteiger partial charge in [-0.15, -0.1) is 0 Å². The number of nitrogens with two attached hydrogens (primary N) is 1. The lowest BCUT2D eigenvalue weighted by Crippen LogP contribution is -2.24. The largest absolute Gasteiger partial charge is 0.394 e. The molecule has 0 saturated carbocycles. The van der Waals surface area contributed by atoms with E-state index in [4.69, 9.17) is 27.8 Å². The van der Waals surface area contributed by atoms with Gasteiger partial charge in [-0.2, -0.15) is 0 Å². The summed E-state index contributed by atoms with van der Waals surface area (Å²) in [5, 5.41) is 18.8. The molecule has 1 saturated heterocycles. The zero-order valence-electron chi connectivity index (χ0n) is 9.85. The minimum atomic E-state index is -0.713. The minimum absolute atomic E-state index is 0.191. The lowest BCUT2D eigenvalue weighted by molar-refractivity contribution is -0.0432. The number of H-pyrrole nitrogens is 1. The summed E-state index contributed by atoms with van der Waals surface area (Å²) in [5.41, 5.74) is 6.74. The van der Waals surface area contributed by atoms with Crippen molar-refractivity contribution < 1.29 is 14.9 Å². The summed E-state index contributed by atoms with van der Waals surface area (Å²) in [7, 11) is 0. The Kier molecular flexibility index (Phi) is 2.97. The molecule has 1 fully saturated rings. The van der Waals surface area contributed by atoms with Gasteiger partial charge in [0.25, 0.3) is 0 Å². The lowest BCUT2D eigenvalue weighted by atomic mass is 10.2. The molecule has 2 aromatic heterocycles. The number of nitrogens with one attached hydrogen (secondary N) is 1. The van der Waals surface area contributed by atoms with Crippen molar-refractivity contribution in [1.82, 2.24) is 19.5 Å². The molecule has 0 radical (unpaired) electrons. The lowest BCUT2D eigenvalue weighted by Gasteiger charge is -2.13. The van der Waals surface area contributed by atoms with E-state index < -0.39 is 18.4 Å². The zero-order valence-corrected chi connectivity index (χ0v) is 10.7. The van der Waals surface area contributed by atoms with E-state index in [1.54, 1.807) is 10.9 Å². The third-order valence-electron chi connectivity index (χ3n) is 3.16. The van der Waals surface area contributed by atoms with Crippen LogP contribution < -0.4 is 5.73 Å². The van der Waals surface area contributed by atoms with Gasteiger partial charge in [-0.25, -0.2) is 9.97 Å². The summed E-state index contributed by atoms with van der Waals surface area (Å²) in [5.74, 6) is 0.191. The van der Waals surface area contributed by atoms with Gasteiger partial charge in [0.2, 0.25) is 0 Å². The maximum absolute atomic E-state index is 9.75. The van der Waals surface area contributed by atoms with Crippen LogP contribution in [-0.4, -0.2) is 48.5 Å². The van der Waals surface area contributed by atoms with E-state index in [2.05, 4.69) is 15.0 Å². The van der Waals surface area contributed by atoms with Gasteiger partial charge in [0.1, 0.15) is 23.5 Å². The molecule has 19 heavy (non-hydrogen) atoms. The van der Waals surface area contributed by atoms with Gasteiger partial charge in [-0.1, -0.05) is 12.2 Å². The van der Waals surface area contributed by atoms with Crippen molar-refractivity contribution in [2.75, 3.05) is 12.3 Å². The molecule has 0 aromatic carbocycles. The van der Waals surface area contributed by atoms with Crippen LogP contribution in [0, 0.1) is 4.64 Å². The second-order valence-corrected chi connectivity index (χ2v) is 4.78. The number of rotatable bonds is 2. The van der Waals surface area contributed by atoms with Crippen molar-refractivity contribution in [1.29, 1.82) is 0 Å². The van der Waals surface area contributed by atoms with Gasteiger partial charge in [0.15, 0.2) is 10.6 Å². The van der Waals surface area contributed by atoms with E-state index in [0.717, 1.165) is 0 Å². The van der Waals surface area contributed by atoms with Crippen LogP contribution in [0.5, 0.6) is 0 Å². The second-order valence-electron chi connectivity index (χ2n) is 4.39. The number of anilines is 1. The van der Waals surface area contributed by atoms with Crippen molar-refractivity contribution >= 4 is 29.3 Å². The predicted molar refractivity (Wildman–Crippen MR) is 68.7 cm³/mol. The maximum atomic E-state index is 9.75. The van der Waals surface area contributed by atoms with Gasteiger partial charge in [-0.3, -0.25) is 4.57 Å². The summed E-state index contributed by atoms with van der Waals surface area (Å²) in [6.45, 7) is -0.232. The number of aromatic nitrogens is 4. The highest BCUT2D eigenvalue weighted by atomic mass is 32.1. The average molecular weight is 283 g/mol. The van der Waals surface area contributed by atoms with Crippen LogP contribution in [0.15, 0.2) is 6.33 Å². The highest BCUT2D eigenvalue weighted by Crippen LogP contribution is 2.30. The number of aliphatic hydroxyl groups is 2. The third kappa shape index (κ3) is 2.00. The number of hydrogen-bond donors (Lipinski definition) is 4. The zero-order chi connectivity index (χ0) is 13.6. The molecular formula is C10H13N5O3S. The SMILES string of the molecule is Nc1nc(=S)c2ncn([C@@H]3C[C@H](O)[C@H](CO)O3)c2[nH]1. The van der Waals surface area contributed by atoms with E-state index >= 15 is 0 Å². The molecular weight excluding hydrogens is 270 g/mol. The fourth-order valence-corrected chi connectivity index (χ4v) is 2.47. The van der Waals surface area contributed by atoms with Crippen LogP contribution in [0.3, 0.4) is 0 Å². The molecule has 9 heteroatoms. The first-order valence-corrected chi connectivity index (χ1v) is 6.17. The summed E-state index contributed by atoms with van der Waals surface area (Å²) in [6, 6.07) is 0. The molecule has 8 nitrogen and oxygen atoms in total. The van der Waals surface area contributed by atoms with Crippen molar-refractivity contribution in [2.24, 2.45) is 0 Å². The van der Waals surface area contributed by atoms with E-state index in [1.807, 2.05) is 0 Å². The van der Waals surface area contributed by atoms with Gasteiger partial charge in [0.05, 0.1) is 19.0 Å². The fourth-order valence-electron chi connectivity index (χ4n) is 2.22. The highest BCUT2D eigenvalue weighted by Gasteiger charge is 2.35. The Morgan fingerprint density at radius 1 is 1.63 bits per heavy atom. The molecule has 3 heterocycles. The van der Waals surface area contributed by atoms with Crippen molar-refractivity contribution in [3.05, 3.63) is 11.0 Å². The Hall–Kier alpha value is -1.55. The summed E-state index contributed by atoms with van der Waals surface area (Å²) in [4.78, 5) is 11.0. The molecule has 3 atom stereocenters. The third-order valence-corrected chi connectivity index (χ3v) is 3.44. The summed E-state index contributed by atoms with van der Waals surface area (Å²) in [6.07, 6.45) is 0.179. The topological polar surface area (TPSA) is 122 Å². The Bertz CT molecular complexity index is 669. The second kappa shape index (κ2) is 4.53. The van der Waals surface area contributed by atoms with Crippen molar-refractivity contribution in [2.45, 2.75) is 24.9 Å². The van der Waals surface area contributed by atoms with Gasteiger partial charge in [0, 0.05) is 6.42 Å². The molecule has 1 aliphatic rings. The van der Waals surface area contributed by atoms with Crippen LogP contribution in [0.25, 0.3) is 11.2 Å². The number of aromatic amines is 1. The van der Waals surface area contributed by atoms with Crippen LogP contribution in [0.4, 0.5) is 5.95 Å². The molecule has 0 aliphatic carbocycles. The highest BCUT2D eigenvalue weighted by molar-refractivity contribution is 7.71. The maximum Gasteiger partial charge on any atom is 0.200 e. The number of imidazole rings is 1. The number of nitrogens with zero attached hydrogens (tertiary/aromatic N) is 3. The molecule has 102 valence electrons. The monoisotopic (exact) mass is 283 g/mol. The summed E-state index contributed by atoms with van der Waals surface area (Å²) < 4.78 is 7.57. The number of aliphatic hydroxyl groups excluding tert-OH is 2. The average Bonchev–Trinajstić information content (AvgIpc) is 2.92. The summed E-state index contributed by atoms with van der Waals surface area (Å²) >= 11 is 5.08. The van der Waals surface area contributed by atoms with E-state index in [-0.39, 0.29) is 12.6 Å². The van der Waals surface area contributed by atoms with Gasteiger partial charge >= 0.3 is 0 Å². The first-order valence-electron chi connectivity index (χ1n) is 5.77. The Balaban J connectivity index is 2.05. The van der Waals surface area contributed by atoms with Gasteiger partial charge in [-0.05, 0) is 0 Å².